The summed E-state index contributed by atoms with van der Waals surface area (Å²) in [5, 5.41) is 6.01. The van der Waals surface area contributed by atoms with Crippen molar-refractivity contribution in [3.8, 4) is 11.5 Å². The Labute approximate surface area is 165 Å². The third kappa shape index (κ3) is 3.61. The lowest BCUT2D eigenvalue weighted by Crippen LogP contribution is -2.39. The van der Waals surface area contributed by atoms with Gasteiger partial charge in [-0.3, -0.25) is 4.79 Å². The van der Waals surface area contributed by atoms with Crippen LogP contribution in [-0.2, 0) is 14.8 Å². The van der Waals surface area contributed by atoms with E-state index in [2.05, 4.69) is 10.6 Å². The predicted molar refractivity (Wildman–Crippen MR) is 102 cm³/mol. The summed E-state index contributed by atoms with van der Waals surface area (Å²) in [5.74, 6) is 0.281. The molecule has 27 heavy (non-hydrogen) atoms. The van der Waals surface area contributed by atoms with Crippen molar-refractivity contribution in [2.24, 2.45) is 5.41 Å². The van der Waals surface area contributed by atoms with Crippen LogP contribution in [0.25, 0.3) is 0 Å². The smallest absolute Gasteiger partial charge is 0.262 e. The number of nitrogens with zero attached hydrogens (tertiary/aromatic N) is 1. The van der Waals surface area contributed by atoms with E-state index < -0.39 is 10.0 Å². The van der Waals surface area contributed by atoms with Crippen LogP contribution in [0.1, 0.15) is 19.3 Å². The monoisotopic (exact) mass is 417 g/mol. The first-order valence-corrected chi connectivity index (χ1v) is 10.2. The van der Waals surface area contributed by atoms with Gasteiger partial charge in [0.1, 0.15) is 16.4 Å². The molecule has 0 saturated carbocycles. The van der Waals surface area contributed by atoms with Crippen molar-refractivity contribution in [2.75, 3.05) is 45.2 Å². The molecule has 0 bridgehead atoms. The minimum Gasteiger partial charge on any atom is -0.495 e. The van der Waals surface area contributed by atoms with Gasteiger partial charge in [-0.25, -0.2) is 8.42 Å². The summed E-state index contributed by atoms with van der Waals surface area (Å²) in [6, 6.07) is 2.96. The van der Waals surface area contributed by atoms with Crippen LogP contribution in [0.3, 0.4) is 0 Å². The first kappa shape index (κ1) is 20.2. The number of carbonyl (C=O) groups is 1. The first-order chi connectivity index (χ1) is 12.4. The third-order valence-corrected chi connectivity index (χ3v) is 7.45. The highest BCUT2D eigenvalue weighted by Gasteiger charge is 2.44. The Morgan fingerprint density at radius 1 is 1.22 bits per heavy atom. The van der Waals surface area contributed by atoms with E-state index in [1.54, 1.807) is 4.31 Å². The lowest BCUT2D eigenvalue weighted by molar-refractivity contribution is -0.118. The van der Waals surface area contributed by atoms with E-state index in [4.69, 9.17) is 9.47 Å². The highest BCUT2D eigenvalue weighted by molar-refractivity contribution is 7.89. The molecule has 150 valence electrons. The topological polar surface area (TPSA) is 97.0 Å². The van der Waals surface area contributed by atoms with E-state index in [0.717, 1.165) is 32.4 Å². The first-order valence-electron chi connectivity index (χ1n) is 8.79. The van der Waals surface area contributed by atoms with Crippen molar-refractivity contribution in [2.45, 2.75) is 24.2 Å². The van der Waals surface area contributed by atoms with Gasteiger partial charge in [0, 0.05) is 25.2 Å². The van der Waals surface area contributed by atoms with Gasteiger partial charge >= 0.3 is 0 Å². The summed E-state index contributed by atoms with van der Waals surface area (Å²) in [6.07, 6.45) is 2.87. The minimum absolute atomic E-state index is 0. The van der Waals surface area contributed by atoms with Crippen LogP contribution in [0.4, 0.5) is 5.69 Å². The van der Waals surface area contributed by atoms with Crippen molar-refractivity contribution in [1.82, 2.24) is 9.62 Å². The molecule has 0 atom stereocenters. The molecule has 1 aromatic carbocycles. The fourth-order valence-electron chi connectivity index (χ4n) is 4.05. The number of carbonyl (C=O) groups excluding carboxylic acids is 1. The van der Waals surface area contributed by atoms with Crippen LogP contribution in [0.2, 0.25) is 0 Å². The number of fused-ring (bicyclic) bond motifs is 1. The quantitative estimate of drug-likeness (QED) is 0.767. The zero-order valence-corrected chi connectivity index (χ0v) is 16.7. The Hall–Kier alpha value is -1.55. The van der Waals surface area contributed by atoms with E-state index >= 15 is 0 Å². The lowest BCUT2D eigenvalue weighted by Gasteiger charge is -2.33. The number of halogens is 1. The van der Waals surface area contributed by atoms with Gasteiger partial charge in [0.2, 0.25) is 10.0 Å². The summed E-state index contributed by atoms with van der Waals surface area (Å²) in [7, 11) is -2.29. The molecule has 8 nitrogen and oxygen atoms in total. The molecule has 3 heterocycles. The van der Waals surface area contributed by atoms with Crippen LogP contribution < -0.4 is 20.1 Å². The molecule has 0 aliphatic carbocycles. The molecule has 4 rings (SSSR count). The zero-order chi connectivity index (χ0) is 18.4. The molecule has 0 aromatic heterocycles. The fourth-order valence-corrected chi connectivity index (χ4v) is 5.76. The second-order valence-corrected chi connectivity index (χ2v) is 9.08. The Kier molecular flexibility index (Phi) is 5.58. The van der Waals surface area contributed by atoms with Gasteiger partial charge in [-0.1, -0.05) is 0 Å². The van der Waals surface area contributed by atoms with Gasteiger partial charge in [-0.15, -0.1) is 12.4 Å². The number of hydrogen-bond acceptors (Lipinski definition) is 6. The SMILES string of the molecule is COc1cc2c(cc1S(=O)(=O)N1CCC3(CCNCC3)C1)OCC(=O)N2.Cl. The van der Waals surface area contributed by atoms with Crippen LogP contribution in [0, 0.1) is 5.41 Å². The standard InChI is InChI=1S/C17H23N3O5S.ClH/c1-24-14-8-12-13(25-10-16(21)19-12)9-15(14)26(22,23)20-7-4-17(11-20)2-5-18-6-3-17;/h8-9,18H,2-7,10-11H2,1H3,(H,19,21);1H. The average Bonchev–Trinajstić information content (AvgIpc) is 3.05. The number of piperidine rings is 1. The van der Waals surface area contributed by atoms with E-state index in [1.807, 2.05) is 0 Å². The molecule has 3 aliphatic heterocycles. The molecule has 3 aliphatic rings. The highest BCUT2D eigenvalue weighted by Crippen LogP contribution is 2.43. The predicted octanol–water partition coefficient (Wildman–Crippen LogP) is 1.21. The largest absolute Gasteiger partial charge is 0.495 e. The van der Waals surface area contributed by atoms with Crippen LogP contribution >= 0.6 is 12.4 Å². The number of benzene rings is 1. The van der Waals surface area contributed by atoms with Gasteiger partial charge in [-0.2, -0.15) is 4.31 Å². The Morgan fingerprint density at radius 2 is 1.96 bits per heavy atom. The van der Waals surface area contributed by atoms with Crippen molar-refractivity contribution >= 4 is 34.0 Å². The maximum Gasteiger partial charge on any atom is 0.262 e. The zero-order valence-electron chi connectivity index (χ0n) is 15.1. The number of amides is 1. The number of nitrogens with one attached hydrogen (secondary N) is 2. The number of rotatable bonds is 3. The fraction of sp³-hybridized carbons (Fsp3) is 0.588. The van der Waals surface area contributed by atoms with Gasteiger partial charge in [0.25, 0.3) is 5.91 Å². The van der Waals surface area contributed by atoms with Gasteiger partial charge in [0.15, 0.2) is 6.61 Å². The summed E-state index contributed by atoms with van der Waals surface area (Å²) in [4.78, 5) is 11.6. The molecular formula is C17H24ClN3O5S. The molecule has 2 saturated heterocycles. The van der Waals surface area contributed by atoms with E-state index in [9.17, 15) is 13.2 Å². The van der Waals surface area contributed by atoms with Gasteiger partial charge in [0.05, 0.1) is 12.8 Å². The molecule has 10 heteroatoms. The lowest BCUT2D eigenvalue weighted by atomic mass is 9.78. The molecule has 1 spiro atoms. The molecule has 0 radical (unpaired) electrons. The number of hydrogen-bond donors (Lipinski definition) is 2. The van der Waals surface area contributed by atoms with Crippen LogP contribution in [-0.4, -0.2) is 58.5 Å². The minimum atomic E-state index is -3.71. The summed E-state index contributed by atoms with van der Waals surface area (Å²) < 4.78 is 38.8. The Balaban J connectivity index is 0.00000210. The second kappa shape index (κ2) is 7.46. The van der Waals surface area contributed by atoms with Gasteiger partial charge < -0.3 is 20.1 Å². The summed E-state index contributed by atoms with van der Waals surface area (Å²) in [6.45, 7) is 2.79. The van der Waals surface area contributed by atoms with Crippen molar-refractivity contribution in [1.29, 1.82) is 0 Å². The number of ether oxygens (including phenoxy) is 2. The Morgan fingerprint density at radius 3 is 2.67 bits per heavy atom. The molecule has 1 aromatic rings. The molecule has 2 fully saturated rings. The van der Waals surface area contributed by atoms with E-state index in [1.165, 1.54) is 19.2 Å². The number of methoxy groups -OCH3 is 1. The second-order valence-electron chi connectivity index (χ2n) is 7.17. The summed E-state index contributed by atoms with van der Waals surface area (Å²) in [5.41, 5.74) is 0.498. The normalized spacial score (nSPS) is 21.7. The van der Waals surface area contributed by atoms with E-state index in [0.29, 0.717) is 24.5 Å². The van der Waals surface area contributed by atoms with E-state index in [-0.39, 0.29) is 41.0 Å². The van der Waals surface area contributed by atoms with Gasteiger partial charge in [-0.05, 0) is 37.8 Å². The molecule has 1 amide bonds. The Bertz CT molecular complexity index is 839. The van der Waals surface area contributed by atoms with Crippen molar-refractivity contribution in [3.63, 3.8) is 0 Å². The third-order valence-electron chi connectivity index (χ3n) is 5.58. The number of sulfonamides is 1. The molecule has 0 unspecified atom stereocenters. The summed E-state index contributed by atoms with van der Waals surface area (Å²) >= 11 is 0. The maximum absolute atomic E-state index is 13.3. The van der Waals surface area contributed by atoms with Crippen molar-refractivity contribution < 1.29 is 22.7 Å². The molecular weight excluding hydrogens is 394 g/mol. The van der Waals surface area contributed by atoms with Crippen LogP contribution in [0.15, 0.2) is 17.0 Å². The van der Waals surface area contributed by atoms with Crippen LogP contribution in [0.5, 0.6) is 11.5 Å². The number of anilines is 1. The van der Waals surface area contributed by atoms with Crippen molar-refractivity contribution in [3.05, 3.63) is 12.1 Å². The maximum atomic E-state index is 13.3. The highest BCUT2D eigenvalue weighted by atomic mass is 35.5. The molecule has 2 N–H and O–H groups in total. The average molecular weight is 418 g/mol.